The molecule has 0 saturated carbocycles. The van der Waals surface area contributed by atoms with Crippen molar-refractivity contribution in [2.45, 2.75) is 0 Å². The van der Waals surface area contributed by atoms with E-state index in [0.717, 1.165) is 5.75 Å². The number of halogens is 1. The van der Waals surface area contributed by atoms with Crippen molar-refractivity contribution in [2.75, 3.05) is 7.11 Å². The summed E-state index contributed by atoms with van der Waals surface area (Å²) in [6, 6.07) is 11.9. The third-order valence-electron chi connectivity index (χ3n) is 2.61. The van der Waals surface area contributed by atoms with Crippen LogP contribution >= 0.6 is 11.6 Å². The van der Waals surface area contributed by atoms with Gasteiger partial charge in [-0.2, -0.15) is 0 Å². The summed E-state index contributed by atoms with van der Waals surface area (Å²) < 4.78 is 10.8. The zero-order valence-electron chi connectivity index (χ0n) is 10.7. The summed E-state index contributed by atoms with van der Waals surface area (Å²) >= 11 is 5.90. The smallest absolute Gasteiger partial charge is 0.173 e. The van der Waals surface area contributed by atoms with Crippen molar-refractivity contribution in [3.8, 4) is 17.2 Å². The summed E-state index contributed by atoms with van der Waals surface area (Å²) in [6.45, 7) is 0. The van der Waals surface area contributed by atoms with Gasteiger partial charge in [-0.1, -0.05) is 16.8 Å². The van der Waals surface area contributed by atoms with Gasteiger partial charge >= 0.3 is 0 Å². The fraction of sp³-hybridized carbons (Fsp3) is 0.0714. The summed E-state index contributed by atoms with van der Waals surface area (Å²) in [4.78, 5) is 0. The predicted octanol–water partition coefficient (Wildman–Crippen LogP) is 3.24. The van der Waals surface area contributed by atoms with E-state index in [1.54, 1.807) is 49.6 Å². The highest BCUT2D eigenvalue weighted by Gasteiger charge is 2.10. The number of benzene rings is 2. The van der Waals surface area contributed by atoms with Crippen LogP contribution in [-0.4, -0.2) is 18.2 Å². The minimum atomic E-state index is -0.0731. The van der Waals surface area contributed by atoms with Crippen molar-refractivity contribution < 1.29 is 14.7 Å². The Labute approximate surface area is 121 Å². The first kappa shape index (κ1) is 14.0. The molecule has 20 heavy (non-hydrogen) atoms. The van der Waals surface area contributed by atoms with Crippen molar-refractivity contribution in [3.63, 3.8) is 0 Å². The average molecular weight is 293 g/mol. The molecule has 0 heterocycles. The lowest BCUT2D eigenvalue weighted by molar-refractivity contribution is 0.318. The van der Waals surface area contributed by atoms with Gasteiger partial charge in [0.25, 0.3) is 0 Å². The Bertz CT molecular complexity index is 627. The van der Waals surface area contributed by atoms with Crippen LogP contribution in [0.1, 0.15) is 5.56 Å². The van der Waals surface area contributed by atoms with Crippen LogP contribution in [0.2, 0.25) is 5.02 Å². The van der Waals surface area contributed by atoms with E-state index in [9.17, 15) is 0 Å². The van der Waals surface area contributed by atoms with Crippen molar-refractivity contribution in [3.05, 3.63) is 53.1 Å². The molecule has 2 rings (SSSR count). The second-order valence-electron chi connectivity index (χ2n) is 3.90. The maximum atomic E-state index is 8.79. The molecule has 0 amide bonds. The van der Waals surface area contributed by atoms with E-state index >= 15 is 0 Å². The zero-order chi connectivity index (χ0) is 14.5. The summed E-state index contributed by atoms with van der Waals surface area (Å²) in [5.41, 5.74) is 6.02. The monoisotopic (exact) mass is 292 g/mol. The highest BCUT2D eigenvalue weighted by atomic mass is 35.5. The van der Waals surface area contributed by atoms with Gasteiger partial charge in [0.05, 0.1) is 12.7 Å². The Kier molecular flexibility index (Phi) is 4.32. The van der Waals surface area contributed by atoms with Crippen LogP contribution in [0.3, 0.4) is 0 Å². The molecule has 0 aromatic heterocycles. The molecule has 0 unspecified atom stereocenters. The number of amidine groups is 1. The summed E-state index contributed by atoms with van der Waals surface area (Å²) in [7, 11) is 1.59. The van der Waals surface area contributed by atoms with Gasteiger partial charge in [0.2, 0.25) is 0 Å². The molecule has 0 aliphatic rings. The van der Waals surface area contributed by atoms with E-state index in [4.69, 9.17) is 32.0 Å². The zero-order valence-corrected chi connectivity index (χ0v) is 11.5. The molecule has 0 spiro atoms. The Morgan fingerprint density at radius 2 is 1.80 bits per heavy atom. The number of methoxy groups -OCH3 is 1. The predicted molar refractivity (Wildman–Crippen MR) is 77.0 cm³/mol. The molecule has 5 nitrogen and oxygen atoms in total. The van der Waals surface area contributed by atoms with Crippen molar-refractivity contribution in [2.24, 2.45) is 10.9 Å². The Hall–Kier alpha value is -2.40. The summed E-state index contributed by atoms with van der Waals surface area (Å²) in [6.07, 6.45) is 0. The second kappa shape index (κ2) is 6.16. The normalized spacial score (nSPS) is 11.2. The molecule has 2 aromatic carbocycles. The molecule has 0 radical (unpaired) electrons. The minimum absolute atomic E-state index is 0.0731. The fourth-order valence-electron chi connectivity index (χ4n) is 1.62. The Morgan fingerprint density at radius 3 is 2.40 bits per heavy atom. The molecule has 6 heteroatoms. The van der Waals surface area contributed by atoms with Crippen LogP contribution in [0, 0.1) is 0 Å². The quantitative estimate of drug-likeness (QED) is 0.392. The third kappa shape index (κ3) is 3.13. The molecule has 0 atom stereocenters. The lowest BCUT2D eigenvalue weighted by Crippen LogP contribution is -2.14. The van der Waals surface area contributed by atoms with E-state index in [1.165, 1.54) is 0 Å². The van der Waals surface area contributed by atoms with Gasteiger partial charge in [-0.05, 0) is 42.5 Å². The van der Waals surface area contributed by atoms with E-state index in [-0.39, 0.29) is 5.84 Å². The number of nitrogens with zero attached hydrogens (tertiary/aromatic N) is 1. The van der Waals surface area contributed by atoms with Gasteiger partial charge < -0.3 is 20.4 Å². The summed E-state index contributed by atoms with van der Waals surface area (Å²) in [5.74, 6) is 1.69. The number of rotatable bonds is 4. The first-order chi connectivity index (χ1) is 9.63. The highest BCUT2D eigenvalue weighted by Crippen LogP contribution is 2.28. The van der Waals surface area contributed by atoms with Crippen LogP contribution in [-0.2, 0) is 0 Å². The van der Waals surface area contributed by atoms with Crippen LogP contribution in [0.5, 0.6) is 17.2 Å². The molecule has 2 aromatic rings. The van der Waals surface area contributed by atoms with E-state index in [0.29, 0.717) is 22.1 Å². The van der Waals surface area contributed by atoms with Gasteiger partial charge in [-0.15, -0.1) is 0 Å². The maximum absolute atomic E-state index is 8.79. The van der Waals surface area contributed by atoms with E-state index in [2.05, 4.69) is 5.16 Å². The topological polar surface area (TPSA) is 77.1 Å². The molecule has 0 aliphatic heterocycles. The van der Waals surface area contributed by atoms with Crippen LogP contribution in [0.25, 0.3) is 0 Å². The molecule has 3 N–H and O–H groups in total. The SMILES string of the molecule is COc1ccc(Oc2ccc(Cl)cc2C(N)=NO)cc1. The number of ether oxygens (including phenoxy) is 2. The number of hydrogen-bond donors (Lipinski definition) is 2. The largest absolute Gasteiger partial charge is 0.497 e. The summed E-state index contributed by atoms with van der Waals surface area (Å²) in [5, 5.41) is 12.2. The van der Waals surface area contributed by atoms with Gasteiger partial charge in [0.15, 0.2) is 5.84 Å². The first-order valence-corrected chi connectivity index (χ1v) is 6.11. The van der Waals surface area contributed by atoms with Crippen LogP contribution < -0.4 is 15.2 Å². The molecular formula is C14H13ClN2O3. The average Bonchev–Trinajstić information content (AvgIpc) is 2.49. The Balaban J connectivity index is 2.32. The van der Waals surface area contributed by atoms with Crippen molar-refractivity contribution in [1.29, 1.82) is 0 Å². The van der Waals surface area contributed by atoms with Gasteiger partial charge in [0, 0.05) is 5.02 Å². The number of oxime groups is 1. The number of hydrogen-bond acceptors (Lipinski definition) is 4. The van der Waals surface area contributed by atoms with Gasteiger partial charge in [0.1, 0.15) is 17.2 Å². The fourth-order valence-corrected chi connectivity index (χ4v) is 1.79. The van der Waals surface area contributed by atoms with Crippen LogP contribution in [0.15, 0.2) is 47.6 Å². The van der Waals surface area contributed by atoms with E-state index in [1.807, 2.05) is 0 Å². The van der Waals surface area contributed by atoms with Gasteiger partial charge in [-0.3, -0.25) is 0 Å². The molecule has 0 fully saturated rings. The van der Waals surface area contributed by atoms with Crippen molar-refractivity contribution >= 4 is 17.4 Å². The minimum Gasteiger partial charge on any atom is -0.497 e. The molecule has 104 valence electrons. The molecule has 0 saturated heterocycles. The maximum Gasteiger partial charge on any atom is 0.173 e. The standard InChI is InChI=1S/C14H13ClN2O3/c1-19-10-3-5-11(6-4-10)20-13-7-2-9(15)8-12(13)14(16)17-18/h2-8,18H,1H3,(H2,16,17). The van der Waals surface area contributed by atoms with Crippen LogP contribution in [0.4, 0.5) is 0 Å². The van der Waals surface area contributed by atoms with E-state index < -0.39 is 0 Å². The molecule has 0 bridgehead atoms. The first-order valence-electron chi connectivity index (χ1n) is 5.73. The highest BCUT2D eigenvalue weighted by molar-refractivity contribution is 6.31. The second-order valence-corrected chi connectivity index (χ2v) is 4.34. The number of nitrogens with two attached hydrogens (primary N) is 1. The molecule has 0 aliphatic carbocycles. The van der Waals surface area contributed by atoms with Crippen molar-refractivity contribution in [1.82, 2.24) is 0 Å². The van der Waals surface area contributed by atoms with Gasteiger partial charge in [-0.25, -0.2) is 0 Å². The lowest BCUT2D eigenvalue weighted by atomic mass is 10.2. The lowest BCUT2D eigenvalue weighted by Gasteiger charge is -2.11. The molecular weight excluding hydrogens is 280 g/mol. The Morgan fingerprint density at radius 1 is 1.15 bits per heavy atom. The third-order valence-corrected chi connectivity index (χ3v) is 2.85.